The summed E-state index contributed by atoms with van der Waals surface area (Å²) in [5.41, 5.74) is 2.13. The van der Waals surface area contributed by atoms with Crippen LogP contribution in [0.3, 0.4) is 0 Å². The van der Waals surface area contributed by atoms with Gasteiger partial charge >= 0.3 is 0 Å². The largest absolute Gasteiger partial charge is 0.294 e. The fourth-order valence-electron chi connectivity index (χ4n) is 1.17. The van der Waals surface area contributed by atoms with Crippen molar-refractivity contribution in [3.05, 3.63) is 47.5 Å². The van der Waals surface area contributed by atoms with Crippen molar-refractivity contribution in [2.24, 2.45) is 0 Å². The quantitative estimate of drug-likeness (QED) is 0.644. The lowest BCUT2D eigenvalue weighted by Crippen LogP contribution is -1.98. The van der Waals surface area contributed by atoms with E-state index in [1.54, 1.807) is 6.08 Å². The maximum Gasteiger partial charge on any atom is 0.159 e. The summed E-state index contributed by atoms with van der Waals surface area (Å²) >= 11 is 0. The van der Waals surface area contributed by atoms with Gasteiger partial charge in [-0.05, 0) is 25.5 Å². The second-order valence-corrected chi connectivity index (χ2v) is 3.35. The molecule has 1 aromatic rings. The summed E-state index contributed by atoms with van der Waals surface area (Å²) in [6, 6.07) is 9.79. The van der Waals surface area contributed by atoms with Gasteiger partial charge in [-0.3, -0.25) is 4.79 Å². The predicted molar refractivity (Wildman–Crippen MR) is 54.6 cm³/mol. The smallest absolute Gasteiger partial charge is 0.159 e. The summed E-state index contributed by atoms with van der Waals surface area (Å²) in [7, 11) is 0. The van der Waals surface area contributed by atoms with Gasteiger partial charge in [0.05, 0.1) is 0 Å². The zero-order valence-electron chi connectivity index (χ0n) is 8.08. The minimum atomic E-state index is 0.172. The van der Waals surface area contributed by atoms with Crippen LogP contribution < -0.4 is 0 Å². The molecule has 0 heterocycles. The highest BCUT2D eigenvalue weighted by atomic mass is 16.1. The van der Waals surface area contributed by atoms with Crippen LogP contribution in [0.1, 0.15) is 19.4 Å². The molecule has 0 aromatic heterocycles. The lowest BCUT2D eigenvalue weighted by molar-refractivity contribution is -0.114. The summed E-state index contributed by atoms with van der Waals surface area (Å²) < 4.78 is 0. The van der Waals surface area contributed by atoms with Gasteiger partial charge in [-0.15, -0.1) is 0 Å². The first-order chi connectivity index (χ1) is 6.18. The zero-order valence-corrected chi connectivity index (χ0v) is 8.08. The van der Waals surface area contributed by atoms with Gasteiger partial charge in [-0.25, -0.2) is 0 Å². The third kappa shape index (κ3) is 3.70. The molecule has 0 bridgehead atoms. The van der Waals surface area contributed by atoms with Gasteiger partial charge in [0, 0.05) is 6.42 Å². The van der Waals surface area contributed by atoms with Crippen LogP contribution in [0.2, 0.25) is 0 Å². The standard InChI is InChI=1S/C12H14O/c1-10(2)8-12(13)9-11-6-4-3-5-7-11/h3-8H,9H2,1-2H3. The Hall–Kier alpha value is -1.37. The molecule has 0 fully saturated rings. The van der Waals surface area contributed by atoms with Crippen molar-refractivity contribution in [1.82, 2.24) is 0 Å². The third-order valence-corrected chi connectivity index (χ3v) is 1.67. The Labute approximate surface area is 79.1 Å². The molecule has 13 heavy (non-hydrogen) atoms. The molecule has 1 aromatic carbocycles. The van der Waals surface area contributed by atoms with Crippen LogP contribution in [-0.4, -0.2) is 5.78 Å². The van der Waals surface area contributed by atoms with Crippen molar-refractivity contribution in [2.45, 2.75) is 20.3 Å². The Morgan fingerprint density at radius 1 is 1.23 bits per heavy atom. The minimum absolute atomic E-state index is 0.172. The Morgan fingerprint density at radius 2 is 1.85 bits per heavy atom. The van der Waals surface area contributed by atoms with Crippen molar-refractivity contribution in [3.8, 4) is 0 Å². The first-order valence-corrected chi connectivity index (χ1v) is 4.40. The van der Waals surface area contributed by atoms with E-state index in [1.807, 2.05) is 44.2 Å². The van der Waals surface area contributed by atoms with Gasteiger partial charge in [0.15, 0.2) is 5.78 Å². The van der Waals surface area contributed by atoms with Crippen LogP contribution in [0, 0.1) is 0 Å². The van der Waals surface area contributed by atoms with Gasteiger partial charge in [0.1, 0.15) is 0 Å². The maximum absolute atomic E-state index is 11.3. The average Bonchev–Trinajstić information content (AvgIpc) is 2.04. The highest BCUT2D eigenvalue weighted by Gasteiger charge is 1.98. The summed E-state index contributed by atoms with van der Waals surface area (Å²) in [4.78, 5) is 11.3. The Bertz CT molecular complexity index is 305. The highest BCUT2D eigenvalue weighted by Crippen LogP contribution is 2.01. The molecule has 0 amide bonds. The van der Waals surface area contributed by atoms with E-state index in [0.29, 0.717) is 6.42 Å². The number of hydrogen-bond donors (Lipinski definition) is 0. The van der Waals surface area contributed by atoms with E-state index in [-0.39, 0.29) is 5.78 Å². The normalized spacial score (nSPS) is 9.38. The number of hydrogen-bond acceptors (Lipinski definition) is 1. The van der Waals surface area contributed by atoms with E-state index in [9.17, 15) is 4.79 Å². The third-order valence-electron chi connectivity index (χ3n) is 1.67. The number of allylic oxidation sites excluding steroid dienone is 2. The van der Waals surface area contributed by atoms with Crippen molar-refractivity contribution in [2.75, 3.05) is 0 Å². The molecule has 0 saturated heterocycles. The molecule has 1 rings (SSSR count). The molecule has 0 unspecified atom stereocenters. The maximum atomic E-state index is 11.3. The average molecular weight is 174 g/mol. The topological polar surface area (TPSA) is 17.1 Å². The second-order valence-electron chi connectivity index (χ2n) is 3.35. The Balaban J connectivity index is 2.61. The van der Waals surface area contributed by atoms with Crippen molar-refractivity contribution < 1.29 is 4.79 Å². The summed E-state index contributed by atoms with van der Waals surface area (Å²) in [5, 5.41) is 0. The number of carbonyl (C=O) groups excluding carboxylic acids is 1. The summed E-state index contributed by atoms with van der Waals surface area (Å²) in [5.74, 6) is 0.172. The molecule has 68 valence electrons. The van der Waals surface area contributed by atoms with Gasteiger partial charge in [-0.2, -0.15) is 0 Å². The van der Waals surface area contributed by atoms with Gasteiger partial charge < -0.3 is 0 Å². The second kappa shape index (κ2) is 4.61. The van der Waals surface area contributed by atoms with Crippen LogP contribution >= 0.6 is 0 Å². The van der Waals surface area contributed by atoms with Crippen LogP contribution in [0.25, 0.3) is 0 Å². The Kier molecular flexibility index (Phi) is 3.44. The minimum Gasteiger partial charge on any atom is -0.294 e. The molecule has 0 spiro atoms. The number of ketones is 1. The first kappa shape index (κ1) is 9.72. The molecule has 0 radical (unpaired) electrons. The van der Waals surface area contributed by atoms with Crippen LogP contribution in [0.5, 0.6) is 0 Å². The van der Waals surface area contributed by atoms with Gasteiger partial charge in [-0.1, -0.05) is 35.9 Å². The molecule has 1 nitrogen and oxygen atoms in total. The van der Waals surface area contributed by atoms with Crippen LogP contribution in [0.4, 0.5) is 0 Å². The zero-order chi connectivity index (χ0) is 9.68. The SMILES string of the molecule is CC(C)=CC(=O)Cc1ccccc1. The fraction of sp³-hybridized carbons (Fsp3) is 0.250. The molecule has 0 N–H and O–H groups in total. The fourth-order valence-corrected chi connectivity index (χ4v) is 1.17. The molecule has 0 atom stereocenters. The summed E-state index contributed by atoms with van der Waals surface area (Å²) in [6.45, 7) is 3.87. The first-order valence-electron chi connectivity index (χ1n) is 4.40. The van der Waals surface area contributed by atoms with E-state index in [2.05, 4.69) is 0 Å². The molecule has 1 heteroatoms. The van der Waals surface area contributed by atoms with Crippen molar-refractivity contribution in [1.29, 1.82) is 0 Å². The van der Waals surface area contributed by atoms with Gasteiger partial charge in [0.25, 0.3) is 0 Å². The van der Waals surface area contributed by atoms with E-state index < -0.39 is 0 Å². The molecular formula is C12H14O. The monoisotopic (exact) mass is 174 g/mol. The molecule has 0 aliphatic heterocycles. The van der Waals surface area contributed by atoms with Gasteiger partial charge in [0.2, 0.25) is 0 Å². The van der Waals surface area contributed by atoms with E-state index in [1.165, 1.54) is 0 Å². The van der Waals surface area contributed by atoms with E-state index >= 15 is 0 Å². The number of rotatable bonds is 3. The van der Waals surface area contributed by atoms with Crippen molar-refractivity contribution >= 4 is 5.78 Å². The number of carbonyl (C=O) groups is 1. The highest BCUT2D eigenvalue weighted by molar-refractivity contribution is 5.91. The Morgan fingerprint density at radius 3 is 2.38 bits per heavy atom. The number of benzene rings is 1. The lowest BCUT2D eigenvalue weighted by Gasteiger charge is -1.96. The lowest BCUT2D eigenvalue weighted by atomic mass is 10.1. The van der Waals surface area contributed by atoms with Crippen LogP contribution in [0.15, 0.2) is 42.0 Å². The summed E-state index contributed by atoms with van der Waals surface area (Å²) in [6.07, 6.45) is 2.19. The van der Waals surface area contributed by atoms with E-state index in [0.717, 1.165) is 11.1 Å². The van der Waals surface area contributed by atoms with E-state index in [4.69, 9.17) is 0 Å². The predicted octanol–water partition coefficient (Wildman–Crippen LogP) is 2.76. The van der Waals surface area contributed by atoms with Crippen molar-refractivity contribution in [3.63, 3.8) is 0 Å². The van der Waals surface area contributed by atoms with Crippen LogP contribution in [-0.2, 0) is 11.2 Å². The molecular weight excluding hydrogens is 160 g/mol. The molecule has 0 saturated carbocycles. The molecule has 0 aliphatic rings. The molecule has 0 aliphatic carbocycles.